The molecule has 1 aromatic heterocycles. The van der Waals surface area contributed by atoms with Crippen molar-refractivity contribution >= 4 is 11.8 Å². The van der Waals surface area contributed by atoms with Crippen LogP contribution in [-0.2, 0) is 0 Å². The zero-order chi connectivity index (χ0) is 13.9. The van der Waals surface area contributed by atoms with E-state index in [1.165, 1.54) is 10.5 Å². The van der Waals surface area contributed by atoms with Gasteiger partial charge in [0.05, 0.1) is 6.04 Å². The quantitative estimate of drug-likeness (QED) is 0.939. The summed E-state index contributed by atoms with van der Waals surface area (Å²) in [5.41, 5.74) is 2.20. The van der Waals surface area contributed by atoms with Crippen LogP contribution in [0.4, 0.5) is 0 Å². The molecule has 3 rings (SSSR count). The summed E-state index contributed by atoms with van der Waals surface area (Å²) in [5.74, 6) is 1.92. The summed E-state index contributed by atoms with van der Waals surface area (Å²) in [4.78, 5) is 5.61. The fourth-order valence-electron chi connectivity index (χ4n) is 2.43. The van der Waals surface area contributed by atoms with Crippen molar-refractivity contribution in [1.82, 2.24) is 10.3 Å². The maximum Gasteiger partial charge on any atom is 0.133 e. The minimum Gasteiger partial charge on any atom is -0.486 e. The molecule has 1 aliphatic rings. The van der Waals surface area contributed by atoms with Crippen molar-refractivity contribution < 1.29 is 4.74 Å². The SMILES string of the molecule is CNC(c1ccc(C)nc1)C1CSc2ccccc2O1. The number of pyridine rings is 1. The monoisotopic (exact) mass is 286 g/mol. The number of hydrogen-bond donors (Lipinski definition) is 1. The lowest BCUT2D eigenvalue weighted by molar-refractivity contribution is 0.171. The number of para-hydroxylation sites is 1. The molecule has 2 unspecified atom stereocenters. The lowest BCUT2D eigenvalue weighted by Gasteiger charge is -2.31. The van der Waals surface area contributed by atoms with Crippen LogP contribution in [0.3, 0.4) is 0 Å². The molecule has 0 bridgehead atoms. The number of ether oxygens (including phenoxy) is 1. The topological polar surface area (TPSA) is 34.2 Å². The van der Waals surface area contributed by atoms with E-state index in [1.807, 2.05) is 50.1 Å². The molecule has 20 heavy (non-hydrogen) atoms. The molecule has 3 nitrogen and oxygen atoms in total. The molecule has 4 heteroatoms. The van der Waals surface area contributed by atoms with Gasteiger partial charge in [0.25, 0.3) is 0 Å². The van der Waals surface area contributed by atoms with E-state index < -0.39 is 0 Å². The summed E-state index contributed by atoms with van der Waals surface area (Å²) >= 11 is 1.85. The number of benzene rings is 1. The number of hydrogen-bond acceptors (Lipinski definition) is 4. The fourth-order valence-corrected chi connectivity index (χ4v) is 3.47. The second-order valence-electron chi connectivity index (χ2n) is 4.91. The third kappa shape index (κ3) is 2.67. The molecule has 0 saturated heterocycles. The van der Waals surface area contributed by atoms with Crippen molar-refractivity contribution in [3.63, 3.8) is 0 Å². The van der Waals surface area contributed by atoms with E-state index in [0.717, 1.165) is 17.2 Å². The molecular formula is C16H18N2OS. The minimum atomic E-state index is 0.115. The van der Waals surface area contributed by atoms with Gasteiger partial charge in [-0.05, 0) is 37.7 Å². The summed E-state index contributed by atoms with van der Waals surface area (Å²) in [6.07, 6.45) is 2.05. The summed E-state index contributed by atoms with van der Waals surface area (Å²) < 4.78 is 6.16. The van der Waals surface area contributed by atoms with E-state index in [0.29, 0.717) is 0 Å². The average Bonchev–Trinajstić information content (AvgIpc) is 2.50. The summed E-state index contributed by atoms with van der Waals surface area (Å²) in [6, 6.07) is 12.5. The van der Waals surface area contributed by atoms with Gasteiger partial charge in [-0.2, -0.15) is 0 Å². The fraction of sp³-hybridized carbons (Fsp3) is 0.312. The Labute approximate surface area is 123 Å². The normalized spacial score (nSPS) is 19.0. The summed E-state index contributed by atoms with van der Waals surface area (Å²) in [6.45, 7) is 2.00. The van der Waals surface area contributed by atoms with E-state index in [9.17, 15) is 0 Å². The Morgan fingerprint density at radius 2 is 2.15 bits per heavy atom. The van der Waals surface area contributed by atoms with Crippen LogP contribution < -0.4 is 10.1 Å². The predicted molar refractivity (Wildman–Crippen MR) is 82.4 cm³/mol. The maximum atomic E-state index is 6.16. The van der Waals surface area contributed by atoms with Gasteiger partial charge in [0, 0.05) is 22.5 Å². The van der Waals surface area contributed by atoms with Crippen molar-refractivity contribution in [3.8, 4) is 5.75 Å². The number of likely N-dealkylation sites (N-methyl/N-ethyl adjacent to an activating group) is 1. The Balaban J connectivity index is 1.83. The molecule has 0 amide bonds. The molecule has 0 radical (unpaired) electrons. The van der Waals surface area contributed by atoms with Crippen LogP contribution in [0.5, 0.6) is 5.75 Å². The van der Waals surface area contributed by atoms with Crippen molar-refractivity contribution in [1.29, 1.82) is 0 Å². The predicted octanol–water partition coefficient (Wildman–Crippen LogP) is 3.20. The number of aryl methyl sites for hydroxylation is 1. The van der Waals surface area contributed by atoms with E-state index in [2.05, 4.69) is 28.5 Å². The third-order valence-corrected chi connectivity index (χ3v) is 4.65. The number of nitrogens with one attached hydrogen (secondary N) is 1. The zero-order valence-electron chi connectivity index (χ0n) is 11.7. The van der Waals surface area contributed by atoms with Crippen LogP contribution in [0.15, 0.2) is 47.5 Å². The molecule has 2 aromatic rings. The zero-order valence-corrected chi connectivity index (χ0v) is 12.5. The number of nitrogens with zero attached hydrogens (tertiary/aromatic N) is 1. The highest BCUT2D eigenvalue weighted by Crippen LogP contribution is 2.38. The van der Waals surface area contributed by atoms with Gasteiger partial charge in [-0.25, -0.2) is 0 Å². The Hall–Kier alpha value is -1.52. The van der Waals surface area contributed by atoms with Crippen LogP contribution in [-0.4, -0.2) is 23.9 Å². The van der Waals surface area contributed by atoms with Gasteiger partial charge in [0.2, 0.25) is 0 Å². The van der Waals surface area contributed by atoms with E-state index in [4.69, 9.17) is 4.74 Å². The minimum absolute atomic E-state index is 0.115. The first kappa shape index (κ1) is 13.5. The smallest absolute Gasteiger partial charge is 0.133 e. The highest BCUT2D eigenvalue weighted by Gasteiger charge is 2.28. The van der Waals surface area contributed by atoms with Gasteiger partial charge in [0.15, 0.2) is 0 Å². The number of thioether (sulfide) groups is 1. The van der Waals surface area contributed by atoms with Crippen LogP contribution in [0.25, 0.3) is 0 Å². The molecule has 1 aromatic carbocycles. The van der Waals surface area contributed by atoms with Gasteiger partial charge < -0.3 is 10.1 Å². The van der Waals surface area contributed by atoms with Crippen molar-refractivity contribution in [2.24, 2.45) is 0 Å². The lowest BCUT2D eigenvalue weighted by atomic mass is 10.0. The Morgan fingerprint density at radius 1 is 1.30 bits per heavy atom. The van der Waals surface area contributed by atoms with Gasteiger partial charge in [0.1, 0.15) is 11.9 Å². The van der Waals surface area contributed by atoms with Gasteiger partial charge in [-0.15, -0.1) is 11.8 Å². The maximum absolute atomic E-state index is 6.16. The highest BCUT2D eigenvalue weighted by atomic mass is 32.2. The van der Waals surface area contributed by atoms with Gasteiger partial charge in [-0.1, -0.05) is 18.2 Å². The Bertz CT molecular complexity index is 585. The molecular weight excluding hydrogens is 268 g/mol. The number of aromatic nitrogens is 1. The molecule has 0 aliphatic carbocycles. The second-order valence-corrected chi connectivity index (χ2v) is 5.98. The molecule has 0 fully saturated rings. The Kier molecular flexibility index (Phi) is 3.94. The average molecular weight is 286 g/mol. The van der Waals surface area contributed by atoms with Crippen LogP contribution >= 0.6 is 11.8 Å². The first-order chi connectivity index (χ1) is 9.78. The van der Waals surface area contributed by atoms with Crippen molar-refractivity contribution in [2.45, 2.75) is 24.0 Å². The summed E-state index contributed by atoms with van der Waals surface area (Å²) in [7, 11) is 1.97. The molecule has 0 spiro atoms. The van der Waals surface area contributed by atoms with Crippen molar-refractivity contribution in [2.75, 3.05) is 12.8 Å². The van der Waals surface area contributed by atoms with E-state index in [1.54, 1.807) is 0 Å². The third-order valence-electron chi connectivity index (χ3n) is 3.51. The first-order valence-corrected chi connectivity index (χ1v) is 7.75. The van der Waals surface area contributed by atoms with Gasteiger partial charge >= 0.3 is 0 Å². The molecule has 104 valence electrons. The van der Waals surface area contributed by atoms with Crippen LogP contribution in [0, 0.1) is 6.92 Å². The van der Waals surface area contributed by atoms with Crippen LogP contribution in [0.1, 0.15) is 17.3 Å². The van der Waals surface area contributed by atoms with E-state index >= 15 is 0 Å². The lowest BCUT2D eigenvalue weighted by Crippen LogP contribution is -2.37. The van der Waals surface area contributed by atoms with Crippen LogP contribution in [0.2, 0.25) is 0 Å². The van der Waals surface area contributed by atoms with Crippen molar-refractivity contribution in [3.05, 3.63) is 53.9 Å². The molecule has 2 atom stereocenters. The largest absolute Gasteiger partial charge is 0.486 e. The molecule has 1 aliphatic heterocycles. The van der Waals surface area contributed by atoms with Gasteiger partial charge in [-0.3, -0.25) is 4.98 Å². The van der Waals surface area contributed by atoms with E-state index in [-0.39, 0.29) is 12.1 Å². The standard InChI is InChI=1S/C16H18N2OS/c1-11-7-8-12(9-18-11)16(17-2)14-10-20-15-6-4-3-5-13(15)19-14/h3-9,14,16-17H,10H2,1-2H3. The number of rotatable bonds is 3. The highest BCUT2D eigenvalue weighted by molar-refractivity contribution is 7.99. The second kappa shape index (κ2) is 5.85. The first-order valence-electron chi connectivity index (χ1n) is 6.76. The molecule has 0 saturated carbocycles. The summed E-state index contributed by atoms with van der Waals surface area (Å²) in [5, 5.41) is 3.36. The Morgan fingerprint density at radius 3 is 2.90 bits per heavy atom. The molecule has 2 heterocycles. The molecule has 1 N–H and O–H groups in total. The number of fused-ring (bicyclic) bond motifs is 1.